The fourth-order valence-corrected chi connectivity index (χ4v) is 2.88. The average molecular weight is 268 g/mol. The molecule has 0 aromatic rings. The van der Waals surface area contributed by atoms with Crippen molar-refractivity contribution >= 4 is 0 Å². The molecule has 0 spiro atoms. The predicted molar refractivity (Wildman–Crippen MR) is 85.6 cm³/mol. The van der Waals surface area contributed by atoms with Gasteiger partial charge in [0.15, 0.2) is 0 Å². The van der Waals surface area contributed by atoms with Gasteiger partial charge >= 0.3 is 0 Å². The standard InChI is InChI=1S/C17H36N2/c1-7-11-18-15(16(2,3)4)14-19-12-8-9-17(5,6)10-13-19/h15,18H,7-14H2,1-6H3. The molecule has 1 rings (SSSR count). The third kappa shape index (κ3) is 6.27. The zero-order chi connectivity index (χ0) is 14.5. The molecule has 1 fully saturated rings. The highest BCUT2D eigenvalue weighted by Crippen LogP contribution is 2.30. The second-order valence-electron chi connectivity index (χ2n) is 8.19. The Labute approximate surface area is 121 Å². The van der Waals surface area contributed by atoms with Crippen molar-refractivity contribution in [2.24, 2.45) is 10.8 Å². The van der Waals surface area contributed by atoms with Crippen LogP contribution in [-0.4, -0.2) is 37.1 Å². The Morgan fingerprint density at radius 3 is 2.42 bits per heavy atom. The van der Waals surface area contributed by atoms with Crippen molar-refractivity contribution < 1.29 is 0 Å². The Bertz CT molecular complexity index is 252. The fourth-order valence-electron chi connectivity index (χ4n) is 2.88. The summed E-state index contributed by atoms with van der Waals surface area (Å²) in [5, 5.41) is 3.76. The van der Waals surface area contributed by atoms with Crippen molar-refractivity contribution in [1.29, 1.82) is 0 Å². The molecule has 1 heterocycles. The van der Waals surface area contributed by atoms with E-state index in [9.17, 15) is 0 Å². The molecule has 1 unspecified atom stereocenters. The third-order valence-corrected chi connectivity index (χ3v) is 4.56. The largest absolute Gasteiger partial charge is 0.312 e. The van der Waals surface area contributed by atoms with Crippen LogP contribution in [0, 0.1) is 10.8 Å². The molecule has 114 valence electrons. The minimum absolute atomic E-state index is 0.344. The zero-order valence-corrected chi connectivity index (χ0v) is 14.2. The molecular formula is C17H36N2. The fraction of sp³-hybridized carbons (Fsp3) is 1.00. The number of hydrogen-bond donors (Lipinski definition) is 1. The summed E-state index contributed by atoms with van der Waals surface area (Å²) in [7, 11) is 0. The van der Waals surface area contributed by atoms with E-state index in [4.69, 9.17) is 0 Å². The van der Waals surface area contributed by atoms with Crippen LogP contribution in [0.15, 0.2) is 0 Å². The van der Waals surface area contributed by atoms with Crippen molar-refractivity contribution in [3.05, 3.63) is 0 Å². The molecule has 0 aliphatic carbocycles. The molecule has 2 nitrogen and oxygen atoms in total. The van der Waals surface area contributed by atoms with Gasteiger partial charge in [0, 0.05) is 12.6 Å². The van der Waals surface area contributed by atoms with E-state index in [1.807, 2.05) is 0 Å². The number of hydrogen-bond acceptors (Lipinski definition) is 2. The molecule has 0 saturated carbocycles. The van der Waals surface area contributed by atoms with E-state index in [1.54, 1.807) is 0 Å². The quantitative estimate of drug-likeness (QED) is 0.813. The molecule has 1 atom stereocenters. The summed E-state index contributed by atoms with van der Waals surface area (Å²) in [6, 6.07) is 0.605. The SMILES string of the molecule is CCCNC(CN1CCCC(C)(C)CC1)C(C)(C)C. The maximum absolute atomic E-state index is 3.76. The Balaban J connectivity index is 2.53. The first kappa shape index (κ1) is 17.0. The molecule has 0 amide bonds. The molecular weight excluding hydrogens is 232 g/mol. The number of rotatable bonds is 5. The van der Waals surface area contributed by atoms with Crippen LogP contribution < -0.4 is 5.32 Å². The van der Waals surface area contributed by atoms with Crippen molar-refractivity contribution in [3.63, 3.8) is 0 Å². The Morgan fingerprint density at radius 2 is 1.84 bits per heavy atom. The van der Waals surface area contributed by atoms with Crippen molar-refractivity contribution in [2.75, 3.05) is 26.2 Å². The van der Waals surface area contributed by atoms with Crippen molar-refractivity contribution in [2.45, 2.75) is 73.3 Å². The van der Waals surface area contributed by atoms with Gasteiger partial charge in [-0.3, -0.25) is 0 Å². The summed E-state index contributed by atoms with van der Waals surface area (Å²) in [6.07, 6.45) is 5.31. The van der Waals surface area contributed by atoms with Gasteiger partial charge in [-0.2, -0.15) is 0 Å². The highest BCUT2D eigenvalue weighted by molar-refractivity contribution is 4.85. The Morgan fingerprint density at radius 1 is 1.16 bits per heavy atom. The summed E-state index contributed by atoms with van der Waals surface area (Å²) in [5.41, 5.74) is 0.889. The van der Waals surface area contributed by atoms with E-state index in [0.717, 1.165) is 6.54 Å². The lowest BCUT2D eigenvalue weighted by Gasteiger charge is -2.36. The molecule has 2 heteroatoms. The summed E-state index contributed by atoms with van der Waals surface area (Å²) in [6.45, 7) is 19.1. The Hall–Kier alpha value is -0.0800. The molecule has 0 aromatic carbocycles. The summed E-state index contributed by atoms with van der Waals surface area (Å²) < 4.78 is 0. The van der Waals surface area contributed by atoms with Crippen LogP contribution in [0.2, 0.25) is 0 Å². The molecule has 1 saturated heterocycles. The smallest absolute Gasteiger partial charge is 0.0243 e. The van der Waals surface area contributed by atoms with Gasteiger partial charge in [-0.05, 0) is 56.1 Å². The lowest BCUT2D eigenvalue weighted by atomic mass is 9.85. The van der Waals surface area contributed by atoms with Crippen LogP contribution in [0.4, 0.5) is 0 Å². The minimum atomic E-state index is 0.344. The molecule has 0 radical (unpaired) electrons. The topological polar surface area (TPSA) is 15.3 Å². The van der Waals surface area contributed by atoms with Crippen LogP contribution in [0.25, 0.3) is 0 Å². The van der Waals surface area contributed by atoms with Crippen molar-refractivity contribution in [3.8, 4) is 0 Å². The van der Waals surface area contributed by atoms with E-state index < -0.39 is 0 Å². The van der Waals surface area contributed by atoms with E-state index in [1.165, 1.54) is 45.3 Å². The first-order valence-electron chi connectivity index (χ1n) is 8.20. The van der Waals surface area contributed by atoms with Gasteiger partial charge in [0.25, 0.3) is 0 Å². The zero-order valence-electron chi connectivity index (χ0n) is 14.2. The van der Waals surface area contributed by atoms with Crippen LogP contribution >= 0.6 is 0 Å². The van der Waals surface area contributed by atoms with Gasteiger partial charge in [-0.15, -0.1) is 0 Å². The van der Waals surface area contributed by atoms with E-state index in [0.29, 0.717) is 16.9 Å². The number of likely N-dealkylation sites (tertiary alicyclic amines) is 1. The second kappa shape index (κ2) is 7.08. The summed E-state index contributed by atoms with van der Waals surface area (Å²) in [5.74, 6) is 0. The van der Waals surface area contributed by atoms with Crippen LogP contribution in [0.5, 0.6) is 0 Å². The van der Waals surface area contributed by atoms with Gasteiger partial charge in [0.2, 0.25) is 0 Å². The monoisotopic (exact) mass is 268 g/mol. The summed E-state index contributed by atoms with van der Waals surface area (Å²) >= 11 is 0. The number of nitrogens with zero attached hydrogens (tertiary/aromatic N) is 1. The highest BCUT2D eigenvalue weighted by atomic mass is 15.2. The third-order valence-electron chi connectivity index (χ3n) is 4.56. The predicted octanol–water partition coefficient (Wildman–Crippen LogP) is 3.91. The number of nitrogens with one attached hydrogen (secondary N) is 1. The van der Waals surface area contributed by atoms with Crippen LogP contribution in [-0.2, 0) is 0 Å². The van der Waals surface area contributed by atoms with Gasteiger partial charge in [0.1, 0.15) is 0 Å². The van der Waals surface area contributed by atoms with Gasteiger partial charge in [-0.1, -0.05) is 41.5 Å². The molecule has 1 aliphatic heterocycles. The normalized spacial score (nSPS) is 23.1. The lowest BCUT2D eigenvalue weighted by Crippen LogP contribution is -2.49. The Kier molecular flexibility index (Phi) is 6.32. The van der Waals surface area contributed by atoms with E-state index >= 15 is 0 Å². The molecule has 0 bridgehead atoms. The van der Waals surface area contributed by atoms with Crippen LogP contribution in [0.3, 0.4) is 0 Å². The second-order valence-corrected chi connectivity index (χ2v) is 8.19. The van der Waals surface area contributed by atoms with E-state index in [2.05, 4.69) is 51.8 Å². The molecule has 1 N–H and O–H groups in total. The first-order chi connectivity index (χ1) is 8.74. The van der Waals surface area contributed by atoms with E-state index in [-0.39, 0.29) is 0 Å². The summed E-state index contributed by atoms with van der Waals surface area (Å²) in [4.78, 5) is 2.69. The lowest BCUT2D eigenvalue weighted by molar-refractivity contribution is 0.172. The maximum atomic E-state index is 3.76. The molecule has 1 aliphatic rings. The van der Waals surface area contributed by atoms with Gasteiger partial charge < -0.3 is 10.2 Å². The maximum Gasteiger partial charge on any atom is 0.0243 e. The van der Waals surface area contributed by atoms with Crippen molar-refractivity contribution in [1.82, 2.24) is 10.2 Å². The van der Waals surface area contributed by atoms with Gasteiger partial charge in [0.05, 0.1) is 0 Å². The first-order valence-corrected chi connectivity index (χ1v) is 8.20. The minimum Gasteiger partial charge on any atom is -0.312 e. The highest BCUT2D eigenvalue weighted by Gasteiger charge is 2.28. The van der Waals surface area contributed by atoms with Gasteiger partial charge in [-0.25, -0.2) is 0 Å². The molecule has 19 heavy (non-hydrogen) atoms. The van der Waals surface area contributed by atoms with Crippen LogP contribution in [0.1, 0.15) is 67.2 Å². The molecule has 0 aromatic heterocycles. The average Bonchev–Trinajstić information content (AvgIpc) is 2.44.